The fraction of sp³-hybridized carbons (Fsp3) is 0.350. The molecular weight excluding hydrogens is 358 g/mol. The average molecular weight is 381 g/mol. The third-order valence-corrected chi connectivity index (χ3v) is 5.17. The Kier molecular flexibility index (Phi) is 4.64. The molecule has 8 nitrogen and oxygen atoms in total. The number of carbonyl (C=O) groups excluding carboxylic acids is 1. The number of ether oxygens (including phenoxy) is 1. The van der Waals surface area contributed by atoms with Gasteiger partial charge in [-0.05, 0) is 37.8 Å². The van der Waals surface area contributed by atoms with E-state index in [1.807, 2.05) is 25.3 Å². The van der Waals surface area contributed by atoms with E-state index in [1.54, 1.807) is 23.9 Å². The summed E-state index contributed by atoms with van der Waals surface area (Å²) in [5, 5.41) is 18.0. The molecule has 0 radical (unpaired) electrons. The number of hydrogen-bond acceptors (Lipinski definition) is 6. The van der Waals surface area contributed by atoms with Crippen molar-refractivity contribution < 1.29 is 14.6 Å². The number of methoxy groups -OCH3 is 1. The number of fused-ring (bicyclic) bond motifs is 1. The van der Waals surface area contributed by atoms with Gasteiger partial charge < -0.3 is 20.9 Å². The highest BCUT2D eigenvalue weighted by Gasteiger charge is 2.34. The number of aliphatic hydroxyl groups excluding tert-OH is 1. The fourth-order valence-corrected chi connectivity index (χ4v) is 3.38. The van der Waals surface area contributed by atoms with E-state index in [9.17, 15) is 9.90 Å². The molecular formula is C20H23N5O3. The third kappa shape index (κ3) is 3.38. The highest BCUT2D eigenvalue weighted by molar-refractivity contribution is 6.02. The number of amides is 1. The van der Waals surface area contributed by atoms with Crippen LogP contribution in [0.4, 0.5) is 5.69 Å². The van der Waals surface area contributed by atoms with Crippen molar-refractivity contribution in [3.8, 4) is 17.0 Å². The zero-order chi connectivity index (χ0) is 19.8. The monoisotopic (exact) mass is 381 g/mol. The number of anilines is 1. The molecule has 4 N–H and O–H groups in total. The second kappa shape index (κ2) is 7.12. The summed E-state index contributed by atoms with van der Waals surface area (Å²) in [4.78, 5) is 16.2. The summed E-state index contributed by atoms with van der Waals surface area (Å²) in [6.45, 7) is 1.90. The number of nitrogens with one attached hydrogen (secondary N) is 1. The highest BCUT2D eigenvalue weighted by atomic mass is 16.5. The summed E-state index contributed by atoms with van der Waals surface area (Å²) in [7, 11) is 1.57. The first-order chi connectivity index (χ1) is 13.5. The molecule has 2 atom stereocenters. The molecule has 3 aromatic rings. The lowest BCUT2D eigenvalue weighted by Crippen LogP contribution is -2.33. The maximum absolute atomic E-state index is 12.0. The van der Waals surface area contributed by atoms with Gasteiger partial charge in [-0.25, -0.2) is 9.50 Å². The van der Waals surface area contributed by atoms with Crippen LogP contribution >= 0.6 is 0 Å². The Bertz CT molecular complexity index is 1010. The van der Waals surface area contributed by atoms with E-state index in [1.165, 1.54) is 6.20 Å². The maximum Gasteiger partial charge on any atom is 0.252 e. The number of hydrogen-bond donors (Lipinski definition) is 3. The first-order valence-electron chi connectivity index (χ1n) is 9.24. The molecule has 0 saturated heterocycles. The van der Waals surface area contributed by atoms with Crippen LogP contribution < -0.4 is 15.8 Å². The summed E-state index contributed by atoms with van der Waals surface area (Å²) in [6.07, 6.45) is 6.60. The largest absolute Gasteiger partial charge is 0.481 e. The van der Waals surface area contributed by atoms with Crippen LogP contribution in [0.3, 0.4) is 0 Å². The minimum atomic E-state index is -0.570. The quantitative estimate of drug-likeness (QED) is 0.577. The molecule has 1 amide bonds. The van der Waals surface area contributed by atoms with E-state index in [4.69, 9.17) is 10.5 Å². The normalized spacial score (nSPS) is 16.0. The first kappa shape index (κ1) is 18.2. The van der Waals surface area contributed by atoms with Gasteiger partial charge in [0.15, 0.2) is 0 Å². The summed E-state index contributed by atoms with van der Waals surface area (Å²) in [6, 6.07) is 5.38. The van der Waals surface area contributed by atoms with Gasteiger partial charge in [-0.15, -0.1) is 0 Å². The van der Waals surface area contributed by atoms with Gasteiger partial charge in [-0.1, -0.05) is 0 Å². The Hall–Kier alpha value is -3.13. The minimum Gasteiger partial charge on any atom is -0.481 e. The molecule has 0 bridgehead atoms. The predicted octanol–water partition coefficient (Wildman–Crippen LogP) is 2.08. The van der Waals surface area contributed by atoms with E-state index in [0.29, 0.717) is 28.6 Å². The van der Waals surface area contributed by atoms with Crippen LogP contribution in [0.5, 0.6) is 5.88 Å². The van der Waals surface area contributed by atoms with Crippen LogP contribution in [-0.2, 0) is 0 Å². The van der Waals surface area contributed by atoms with Crippen LogP contribution in [0.25, 0.3) is 16.6 Å². The Balaban J connectivity index is 1.75. The number of rotatable bonds is 7. The smallest absolute Gasteiger partial charge is 0.252 e. The Labute approximate surface area is 162 Å². The van der Waals surface area contributed by atoms with Gasteiger partial charge in [0.2, 0.25) is 5.88 Å². The number of aromatic nitrogens is 3. The summed E-state index contributed by atoms with van der Waals surface area (Å²) < 4.78 is 6.79. The predicted molar refractivity (Wildman–Crippen MR) is 105 cm³/mol. The van der Waals surface area contributed by atoms with Crippen LogP contribution in [0.2, 0.25) is 0 Å². The topological polar surface area (TPSA) is 115 Å². The number of nitrogens with zero attached hydrogens (tertiary/aromatic N) is 3. The lowest BCUT2D eigenvalue weighted by atomic mass is 10.1. The van der Waals surface area contributed by atoms with Crippen molar-refractivity contribution in [1.29, 1.82) is 0 Å². The van der Waals surface area contributed by atoms with Crippen LogP contribution in [-0.4, -0.2) is 44.9 Å². The van der Waals surface area contributed by atoms with Crippen LogP contribution in [0, 0.1) is 5.92 Å². The maximum atomic E-state index is 12.0. The van der Waals surface area contributed by atoms with Crippen LogP contribution in [0.1, 0.15) is 30.1 Å². The molecule has 146 valence electrons. The average Bonchev–Trinajstić information content (AvgIpc) is 3.45. The molecule has 0 aliphatic heterocycles. The van der Waals surface area contributed by atoms with Gasteiger partial charge in [0.25, 0.3) is 5.91 Å². The molecule has 3 heterocycles. The number of nitrogens with two attached hydrogens (primary N) is 1. The molecule has 1 aliphatic carbocycles. The summed E-state index contributed by atoms with van der Waals surface area (Å²) in [5.41, 5.74) is 8.92. The Morgan fingerprint density at radius 1 is 1.36 bits per heavy atom. The minimum absolute atomic E-state index is 0.224. The molecule has 3 aromatic heterocycles. The SMILES string of the molecule is COc1ccc(-c2cc3c(NC(C)C(O)C4CC4)c(C(N)=O)cnn3c2)cn1. The molecule has 8 heteroatoms. The number of carbonyl (C=O) groups is 1. The number of pyridine rings is 1. The number of primary amides is 1. The van der Waals surface area contributed by atoms with Gasteiger partial charge in [0, 0.05) is 35.6 Å². The molecule has 2 unspecified atom stereocenters. The highest BCUT2D eigenvalue weighted by Crippen LogP contribution is 2.35. The first-order valence-corrected chi connectivity index (χ1v) is 9.24. The van der Waals surface area contributed by atoms with Crippen molar-refractivity contribution in [1.82, 2.24) is 14.6 Å². The van der Waals surface area contributed by atoms with Gasteiger partial charge in [0.05, 0.1) is 36.2 Å². The zero-order valence-electron chi connectivity index (χ0n) is 15.8. The molecule has 0 aromatic carbocycles. The fourth-order valence-electron chi connectivity index (χ4n) is 3.38. The molecule has 0 spiro atoms. The summed E-state index contributed by atoms with van der Waals surface area (Å²) >= 11 is 0. The second-order valence-electron chi connectivity index (χ2n) is 7.21. The van der Waals surface area contributed by atoms with Crippen molar-refractivity contribution in [2.75, 3.05) is 12.4 Å². The van der Waals surface area contributed by atoms with Crippen molar-refractivity contribution in [2.24, 2.45) is 11.7 Å². The van der Waals surface area contributed by atoms with Gasteiger partial charge in [-0.3, -0.25) is 4.79 Å². The van der Waals surface area contributed by atoms with E-state index < -0.39 is 12.0 Å². The van der Waals surface area contributed by atoms with E-state index in [0.717, 1.165) is 24.0 Å². The lowest BCUT2D eigenvalue weighted by molar-refractivity contribution is 0.1000. The molecule has 28 heavy (non-hydrogen) atoms. The van der Waals surface area contributed by atoms with Gasteiger partial charge in [-0.2, -0.15) is 5.10 Å². The van der Waals surface area contributed by atoms with Crippen LogP contribution in [0.15, 0.2) is 36.8 Å². The lowest BCUT2D eigenvalue weighted by Gasteiger charge is -2.22. The van der Waals surface area contributed by atoms with Crippen molar-refractivity contribution >= 4 is 17.1 Å². The zero-order valence-corrected chi connectivity index (χ0v) is 15.8. The van der Waals surface area contributed by atoms with Crippen molar-refractivity contribution in [3.05, 3.63) is 42.4 Å². The van der Waals surface area contributed by atoms with E-state index >= 15 is 0 Å². The molecule has 1 aliphatic rings. The van der Waals surface area contributed by atoms with Gasteiger partial charge in [0.1, 0.15) is 0 Å². The third-order valence-electron chi connectivity index (χ3n) is 5.17. The Morgan fingerprint density at radius 2 is 2.14 bits per heavy atom. The molecule has 4 rings (SSSR count). The molecule has 1 fully saturated rings. The standard InChI is InChI=1S/C20H23N5O3/c1-11(19(26)12-3-4-12)24-18-15(20(21)27)9-23-25-10-14(7-16(18)25)13-5-6-17(28-2)22-8-13/h5-12,19,24,26H,3-4H2,1-2H3,(H2,21,27). The summed E-state index contributed by atoms with van der Waals surface area (Å²) in [5.74, 6) is 0.275. The Morgan fingerprint density at radius 3 is 2.75 bits per heavy atom. The number of aliphatic hydroxyl groups is 1. The van der Waals surface area contributed by atoms with Crippen molar-refractivity contribution in [2.45, 2.75) is 31.9 Å². The van der Waals surface area contributed by atoms with Gasteiger partial charge >= 0.3 is 0 Å². The van der Waals surface area contributed by atoms with Crippen molar-refractivity contribution in [3.63, 3.8) is 0 Å². The van der Waals surface area contributed by atoms with E-state index in [-0.39, 0.29) is 6.04 Å². The second-order valence-corrected chi connectivity index (χ2v) is 7.21. The molecule has 1 saturated carbocycles. The van der Waals surface area contributed by atoms with E-state index in [2.05, 4.69) is 15.4 Å².